The van der Waals surface area contributed by atoms with Crippen molar-refractivity contribution in [2.75, 3.05) is 14.2 Å². The standard InChI is InChI=1S/C55H64N8O9/c1-9-38-21-33(18-30(4)72-38)22-43(59-54(66)68-7)52(64)62-28(2)11-17-46(62)51-57-42-15-13-34-24-41-39-14-12-35(23-37(39)27-70-47(41)25-40(34)49(42)60-51)44-26-56-50(58-44)45-16-10-29(3)63(45)53(65)48(61-55(67)69-8)36-19-31(5)71-32(6)20-36/h1,12-15,22-26,28-32,36,38,43,45-46,48H,10-11,16-21,27H2,2-8H3,(H,56,58)(H,57,60)(H,59,66)(H,61,67)/t28-,29-,30+,31+,32+,38+,43-,45-,46-,48-/m0/s1. The highest BCUT2D eigenvalue weighted by Crippen LogP contribution is 2.44. The Morgan fingerprint density at radius 3 is 2.24 bits per heavy atom. The molecule has 0 saturated carbocycles. The Bertz CT molecular complexity index is 2980. The van der Waals surface area contributed by atoms with Crippen molar-refractivity contribution < 1.29 is 42.9 Å². The first-order valence-corrected chi connectivity index (χ1v) is 25.3. The lowest BCUT2D eigenvalue weighted by Gasteiger charge is -2.39. The fraction of sp³-hybridized carbons (Fsp3) is 0.491. The van der Waals surface area contributed by atoms with Gasteiger partial charge in [-0.25, -0.2) is 19.6 Å². The first kappa shape index (κ1) is 48.7. The summed E-state index contributed by atoms with van der Waals surface area (Å²) in [6, 6.07) is 12.1. The monoisotopic (exact) mass is 980 g/mol. The quantitative estimate of drug-likeness (QED) is 0.0814. The number of likely N-dealkylation sites (tertiary alicyclic amines) is 2. The van der Waals surface area contributed by atoms with E-state index >= 15 is 0 Å². The zero-order valence-electron chi connectivity index (χ0n) is 42.0. The molecule has 0 radical (unpaired) electrons. The van der Waals surface area contributed by atoms with Crippen molar-refractivity contribution in [1.29, 1.82) is 0 Å². The second-order valence-corrected chi connectivity index (χ2v) is 20.4. The number of amides is 4. The molecule has 72 heavy (non-hydrogen) atoms. The summed E-state index contributed by atoms with van der Waals surface area (Å²) in [6.45, 7) is 10.4. The maximum Gasteiger partial charge on any atom is 0.407 e. The molecule has 4 N–H and O–H groups in total. The summed E-state index contributed by atoms with van der Waals surface area (Å²) in [6.07, 6.45) is 12.8. The van der Waals surface area contributed by atoms with Crippen LogP contribution in [-0.2, 0) is 35.1 Å². The molecule has 5 aliphatic rings. The maximum atomic E-state index is 14.6. The number of benzene rings is 3. The molecule has 10 rings (SSSR count). The van der Waals surface area contributed by atoms with Gasteiger partial charge in [-0.2, -0.15) is 0 Å². The van der Waals surface area contributed by atoms with Crippen molar-refractivity contribution in [3.8, 4) is 40.5 Å². The molecule has 0 bridgehead atoms. The summed E-state index contributed by atoms with van der Waals surface area (Å²) in [4.78, 5) is 75.1. The van der Waals surface area contributed by atoms with E-state index < -0.39 is 30.4 Å². The van der Waals surface area contributed by atoms with Gasteiger partial charge in [0.1, 0.15) is 42.2 Å². The van der Waals surface area contributed by atoms with Gasteiger partial charge in [0.2, 0.25) is 11.8 Å². The van der Waals surface area contributed by atoms with Crippen LogP contribution in [0.25, 0.3) is 44.2 Å². The summed E-state index contributed by atoms with van der Waals surface area (Å²) < 4.78 is 28.3. The average molecular weight is 981 g/mol. The Labute approximate surface area is 419 Å². The van der Waals surface area contributed by atoms with Gasteiger partial charge in [0.05, 0.1) is 67.5 Å². The second kappa shape index (κ2) is 20.0. The highest BCUT2D eigenvalue weighted by atomic mass is 16.5. The molecule has 3 aromatic carbocycles. The fourth-order valence-electron chi connectivity index (χ4n) is 12.0. The number of hydrogen-bond acceptors (Lipinski definition) is 11. The van der Waals surface area contributed by atoms with E-state index in [1.807, 2.05) is 55.8 Å². The van der Waals surface area contributed by atoms with Gasteiger partial charge in [-0.3, -0.25) is 9.59 Å². The first-order valence-electron chi connectivity index (χ1n) is 25.3. The number of fused-ring (bicyclic) bond motifs is 6. The van der Waals surface area contributed by atoms with Gasteiger partial charge < -0.3 is 54.1 Å². The largest absolute Gasteiger partial charge is 0.488 e. The minimum Gasteiger partial charge on any atom is -0.488 e. The number of terminal acetylenes is 1. The number of hydrogen-bond donors (Lipinski definition) is 4. The number of aromatic nitrogens is 4. The highest BCUT2D eigenvalue weighted by molar-refractivity contribution is 6.07. The Kier molecular flexibility index (Phi) is 13.5. The third-order valence-electron chi connectivity index (χ3n) is 15.4. The molecule has 0 aliphatic carbocycles. The van der Waals surface area contributed by atoms with Gasteiger partial charge in [-0.1, -0.05) is 35.8 Å². The van der Waals surface area contributed by atoms with Crippen LogP contribution >= 0.6 is 0 Å². The van der Waals surface area contributed by atoms with Gasteiger partial charge >= 0.3 is 12.2 Å². The number of aromatic amines is 2. The zero-order chi connectivity index (χ0) is 50.5. The van der Waals surface area contributed by atoms with Crippen LogP contribution in [0.3, 0.4) is 0 Å². The van der Waals surface area contributed by atoms with E-state index in [2.05, 4.69) is 69.8 Å². The number of carbonyl (C=O) groups is 4. The molecule has 5 aliphatic heterocycles. The van der Waals surface area contributed by atoms with E-state index in [0.29, 0.717) is 50.4 Å². The molecule has 0 spiro atoms. The summed E-state index contributed by atoms with van der Waals surface area (Å²) in [5.74, 6) is 4.30. The van der Waals surface area contributed by atoms with Crippen molar-refractivity contribution in [3.05, 3.63) is 77.5 Å². The minimum absolute atomic E-state index is 0.0379. The number of imidazole rings is 2. The minimum atomic E-state index is -0.971. The lowest BCUT2D eigenvalue weighted by atomic mass is 9.85. The topological polar surface area (TPSA) is 202 Å². The number of carbonyl (C=O) groups excluding carboxylic acids is 4. The van der Waals surface area contributed by atoms with Crippen LogP contribution in [0.1, 0.15) is 115 Å². The summed E-state index contributed by atoms with van der Waals surface area (Å²) >= 11 is 0. The third-order valence-corrected chi connectivity index (χ3v) is 15.4. The normalized spacial score (nSPS) is 27.4. The molecule has 0 unspecified atom stereocenters. The van der Waals surface area contributed by atoms with E-state index in [0.717, 1.165) is 80.3 Å². The van der Waals surface area contributed by atoms with E-state index in [9.17, 15) is 19.2 Å². The lowest BCUT2D eigenvalue weighted by molar-refractivity contribution is -0.140. The van der Waals surface area contributed by atoms with Crippen LogP contribution < -0.4 is 15.4 Å². The Balaban J connectivity index is 0.890. The highest BCUT2D eigenvalue weighted by Gasteiger charge is 2.45. The van der Waals surface area contributed by atoms with Gasteiger partial charge in [-0.15, -0.1) is 6.42 Å². The van der Waals surface area contributed by atoms with Crippen LogP contribution in [0, 0.1) is 18.3 Å². The number of methoxy groups -OCH3 is 2. The molecule has 2 aromatic heterocycles. The molecular formula is C55H64N8O9. The van der Waals surface area contributed by atoms with Crippen molar-refractivity contribution >= 4 is 45.8 Å². The van der Waals surface area contributed by atoms with Crippen molar-refractivity contribution in [3.63, 3.8) is 0 Å². The van der Waals surface area contributed by atoms with Crippen LogP contribution in [0.15, 0.2) is 60.3 Å². The van der Waals surface area contributed by atoms with Crippen molar-refractivity contribution in [1.82, 2.24) is 40.4 Å². The van der Waals surface area contributed by atoms with Gasteiger partial charge in [0.15, 0.2) is 0 Å². The molecule has 17 heteroatoms. The number of alkyl carbamates (subject to hydrolysis) is 2. The third kappa shape index (κ3) is 9.38. The number of nitrogens with zero attached hydrogens (tertiary/aromatic N) is 4. The van der Waals surface area contributed by atoms with E-state index in [-0.39, 0.29) is 60.2 Å². The molecule has 4 saturated heterocycles. The van der Waals surface area contributed by atoms with Crippen LogP contribution in [0.5, 0.6) is 5.75 Å². The molecule has 5 aromatic rings. The zero-order valence-corrected chi connectivity index (χ0v) is 42.0. The first-order chi connectivity index (χ1) is 34.7. The molecule has 10 atom stereocenters. The summed E-state index contributed by atoms with van der Waals surface area (Å²) in [5.41, 5.74) is 7.40. The van der Waals surface area contributed by atoms with Crippen molar-refractivity contribution in [2.24, 2.45) is 5.92 Å². The van der Waals surface area contributed by atoms with E-state index in [1.54, 1.807) is 0 Å². The van der Waals surface area contributed by atoms with Crippen molar-refractivity contribution in [2.45, 2.75) is 153 Å². The van der Waals surface area contributed by atoms with Gasteiger partial charge in [0.25, 0.3) is 0 Å². The molecule has 4 amide bonds. The van der Waals surface area contributed by atoms with Crippen LogP contribution in [0.2, 0.25) is 0 Å². The number of nitrogens with one attached hydrogen (secondary N) is 4. The fourth-order valence-corrected chi connectivity index (χ4v) is 12.0. The Morgan fingerprint density at radius 2 is 1.51 bits per heavy atom. The van der Waals surface area contributed by atoms with Crippen LogP contribution in [-0.4, -0.2) is 117 Å². The van der Waals surface area contributed by atoms with E-state index in [4.69, 9.17) is 40.1 Å². The van der Waals surface area contributed by atoms with E-state index in [1.165, 1.54) is 14.2 Å². The van der Waals surface area contributed by atoms with Crippen LogP contribution in [0.4, 0.5) is 9.59 Å². The predicted octanol–water partition coefficient (Wildman–Crippen LogP) is 8.55. The second-order valence-electron chi connectivity index (χ2n) is 20.4. The smallest absolute Gasteiger partial charge is 0.407 e. The Hall–Kier alpha value is -6.90. The number of rotatable bonds is 9. The maximum absolute atomic E-state index is 14.6. The van der Waals surface area contributed by atoms with Gasteiger partial charge in [-0.05, 0) is 132 Å². The SMILES string of the molecule is C#C[C@@H]1CC(=C[C@H](NC(=O)OC)C(=O)N2[C@@H](C)CC[C@H]2c2nc3c(ccc4cc5c(cc43)OCc3cc(-c4cnc([C@@H]6CC[C@H](C)N6C(=O)[C@@H](NC(=O)OC)C6C[C@@H](C)O[C@H](C)C6)[nH]4)ccc3-5)[nH]2)C[C@@H](C)O1. The lowest BCUT2D eigenvalue weighted by Crippen LogP contribution is -2.55. The number of ether oxygens (including phenoxy) is 5. The molecular weight excluding hydrogens is 917 g/mol. The molecule has 7 heterocycles. The number of H-pyrrole nitrogens is 2. The molecule has 17 nitrogen and oxygen atoms in total. The molecule has 4 fully saturated rings. The predicted molar refractivity (Wildman–Crippen MR) is 269 cm³/mol. The molecule has 378 valence electrons. The Morgan fingerprint density at radius 1 is 0.806 bits per heavy atom. The average Bonchev–Trinajstić information content (AvgIpc) is 4.20. The summed E-state index contributed by atoms with van der Waals surface area (Å²) in [7, 11) is 2.59. The van der Waals surface area contributed by atoms with Gasteiger partial charge in [0, 0.05) is 29.5 Å². The summed E-state index contributed by atoms with van der Waals surface area (Å²) in [5, 5.41) is 7.57.